The smallest absolute Gasteiger partial charge is 0.0223 e. The molecule has 1 fully saturated rings. The number of piperidine rings is 1. The van der Waals surface area contributed by atoms with Crippen LogP contribution in [0.2, 0.25) is 0 Å². The zero-order chi connectivity index (χ0) is 12.0. The molecule has 16 heavy (non-hydrogen) atoms. The molecule has 0 bridgehead atoms. The molecule has 1 heterocycles. The van der Waals surface area contributed by atoms with E-state index in [2.05, 4.69) is 38.0 Å². The van der Waals surface area contributed by atoms with Gasteiger partial charge in [0.15, 0.2) is 0 Å². The first-order valence-electron chi connectivity index (χ1n) is 7.05. The summed E-state index contributed by atoms with van der Waals surface area (Å²) in [5.74, 6) is 0.843. The van der Waals surface area contributed by atoms with Crippen molar-refractivity contribution in [3.63, 3.8) is 0 Å². The average Bonchev–Trinajstić information content (AvgIpc) is 2.27. The molecule has 2 heteroatoms. The van der Waals surface area contributed by atoms with Crippen LogP contribution in [-0.2, 0) is 0 Å². The summed E-state index contributed by atoms with van der Waals surface area (Å²) in [6.45, 7) is 9.54. The largest absolute Gasteiger partial charge is 0.318 e. The number of hydrogen-bond acceptors (Lipinski definition) is 2. The van der Waals surface area contributed by atoms with Crippen molar-refractivity contribution < 1.29 is 0 Å². The second kappa shape index (κ2) is 7.29. The number of nitrogens with zero attached hydrogens (tertiary/aromatic N) is 1. The lowest BCUT2D eigenvalue weighted by Crippen LogP contribution is -2.49. The van der Waals surface area contributed by atoms with E-state index in [0.717, 1.165) is 24.5 Å². The highest BCUT2D eigenvalue weighted by atomic mass is 15.2. The Morgan fingerprint density at radius 3 is 2.56 bits per heavy atom. The van der Waals surface area contributed by atoms with Crippen molar-refractivity contribution in [2.45, 2.75) is 65.0 Å². The summed E-state index contributed by atoms with van der Waals surface area (Å²) in [5, 5.41) is 3.35. The average molecular weight is 226 g/mol. The van der Waals surface area contributed by atoms with E-state index in [1.807, 2.05) is 0 Å². The topological polar surface area (TPSA) is 15.3 Å². The van der Waals surface area contributed by atoms with Crippen LogP contribution in [0.25, 0.3) is 0 Å². The highest BCUT2D eigenvalue weighted by Crippen LogP contribution is 2.22. The molecule has 2 atom stereocenters. The zero-order valence-corrected chi connectivity index (χ0v) is 11.6. The minimum atomic E-state index is 0.765. The van der Waals surface area contributed by atoms with Gasteiger partial charge >= 0.3 is 0 Å². The maximum absolute atomic E-state index is 3.35. The van der Waals surface area contributed by atoms with E-state index in [1.54, 1.807) is 0 Å². The van der Waals surface area contributed by atoms with E-state index in [-0.39, 0.29) is 0 Å². The van der Waals surface area contributed by atoms with Gasteiger partial charge in [-0.25, -0.2) is 0 Å². The van der Waals surface area contributed by atoms with Gasteiger partial charge in [0.1, 0.15) is 0 Å². The van der Waals surface area contributed by atoms with Crippen molar-refractivity contribution >= 4 is 0 Å². The summed E-state index contributed by atoms with van der Waals surface area (Å²) < 4.78 is 0. The fourth-order valence-electron chi connectivity index (χ4n) is 2.80. The lowest BCUT2D eigenvalue weighted by molar-refractivity contribution is 0.0954. The van der Waals surface area contributed by atoms with Crippen molar-refractivity contribution in [2.24, 2.45) is 5.92 Å². The van der Waals surface area contributed by atoms with Crippen molar-refractivity contribution in [3.05, 3.63) is 0 Å². The van der Waals surface area contributed by atoms with Crippen molar-refractivity contribution in [2.75, 3.05) is 20.1 Å². The fourth-order valence-corrected chi connectivity index (χ4v) is 2.80. The monoisotopic (exact) mass is 226 g/mol. The van der Waals surface area contributed by atoms with Gasteiger partial charge in [0.2, 0.25) is 0 Å². The second-order valence-corrected chi connectivity index (χ2v) is 5.77. The highest BCUT2D eigenvalue weighted by molar-refractivity contribution is 4.82. The molecule has 0 aromatic carbocycles. The molecule has 1 N–H and O–H groups in total. The van der Waals surface area contributed by atoms with E-state index >= 15 is 0 Å². The minimum Gasteiger partial charge on any atom is -0.318 e. The maximum Gasteiger partial charge on any atom is 0.0223 e. The normalized spacial score (nSPS) is 24.9. The van der Waals surface area contributed by atoms with E-state index in [0.29, 0.717) is 0 Å². The molecule has 2 unspecified atom stereocenters. The lowest BCUT2D eigenvalue weighted by Gasteiger charge is -2.40. The molecule has 0 spiro atoms. The molecule has 0 amide bonds. The van der Waals surface area contributed by atoms with Gasteiger partial charge in [-0.1, -0.05) is 20.3 Å². The molecule has 0 aliphatic carbocycles. The van der Waals surface area contributed by atoms with Crippen molar-refractivity contribution in [3.8, 4) is 0 Å². The highest BCUT2D eigenvalue weighted by Gasteiger charge is 2.25. The molecule has 1 aliphatic rings. The molecule has 0 saturated carbocycles. The van der Waals surface area contributed by atoms with Gasteiger partial charge in [-0.2, -0.15) is 0 Å². The number of likely N-dealkylation sites (N-methyl/N-ethyl adjacent to an activating group) is 1. The Kier molecular flexibility index (Phi) is 6.37. The van der Waals surface area contributed by atoms with Crippen molar-refractivity contribution in [1.29, 1.82) is 0 Å². The third kappa shape index (κ3) is 4.42. The van der Waals surface area contributed by atoms with Crippen LogP contribution in [0.1, 0.15) is 52.9 Å². The van der Waals surface area contributed by atoms with Crippen LogP contribution in [0.15, 0.2) is 0 Å². The SMILES string of the molecule is CNCC1CCCCN1C(C)CCC(C)C. The van der Waals surface area contributed by atoms with Crippen LogP contribution < -0.4 is 5.32 Å². The van der Waals surface area contributed by atoms with Crippen LogP contribution in [0.4, 0.5) is 0 Å². The number of likely N-dealkylation sites (tertiary alicyclic amines) is 1. The standard InChI is InChI=1S/C14H30N2/c1-12(2)8-9-13(3)16-10-6-5-7-14(16)11-15-4/h12-15H,5-11H2,1-4H3. The van der Waals surface area contributed by atoms with E-state index in [9.17, 15) is 0 Å². The van der Waals surface area contributed by atoms with Gasteiger partial charge in [0.05, 0.1) is 0 Å². The Balaban J connectivity index is 2.40. The Labute approximate surface area is 102 Å². The van der Waals surface area contributed by atoms with E-state index in [4.69, 9.17) is 0 Å². The predicted molar refractivity (Wildman–Crippen MR) is 71.8 cm³/mol. The third-order valence-corrected chi connectivity index (χ3v) is 3.84. The van der Waals surface area contributed by atoms with Crippen LogP contribution in [0, 0.1) is 5.92 Å². The Bertz CT molecular complexity index is 178. The summed E-state index contributed by atoms with van der Waals surface area (Å²) >= 11 is 0. The van der Waals surface area contributed by atoms with Gasteiger partial charge in [0.25, 0.3) is 0 Å². The van der Waals surface area contributed by atoms with Gasteiger partial charge < -0.3 is 5.32 Å². The minimum absolute atomic E-state index is 0.765. The fraction of sp³-hybridized carbons (Fsp3) is 1.00. The van der Waals surface area contributed by atoms with Crippen molar-refractivity contribution in [1.82, 2.24) is 10.2 Å². The zero-order valence-electron chi connectivity index (χ0n) is 11.6. The number of nitrogens with one attached hydrogen (secondary N) is 1. The maximum atomic E-state index is 3.35. The quantitative estimate of drug-likeness (QED) is 0.749. The van der Waals surface area contributed by atoms with Crippen LogP contribution in [-0.4, -0.2) is 37.1 Å². The van der Waals surface area contributed by atoms with Crippen LogP contribution >= 0.6 is 0 Å². The summed E-state index contributed by atoms with van der Waals surface area (Å²) in [6, 6.07) is 1.54. The lowest BCUT2D eigenvalue weighted by atomic mass is 9.96. The third-order valence-electron chi connectivity index (χ3n) is 3.84. The van der Waals surface area contributed by atoms with Gasteiger partial charge in [0, 0.05) is 18.6 Å². The summed E-state index contributed by atoms with van der Waals surface area (Å²) in [4.78, 5) is 2.74. The first-order valence-corrected chi connectivity index (χ1v) is 7.05. The predicted octanol–water partition coefficient (Wildman–Crippen LogP) is 2.89. The molecule has 96 valence electrons. The molecule has 0 aromatic rings. The molecular weight excluding hydrogens is 196 g/mol. The van der Waals surface area contributed by atoms with Gasteiger partial charge in [-0.3, -0.25) is 4.90 Å². The number of rotatable bonds is 6. The molecule has 1 saturated heterocycles. The first kappa shape index (κ1) is 14.0. The Morgan fingerprint density at radius 2 is 1.94 bits per heavy atom. The molecule has 0 aromatic heterocycles. The Hall–Kier alpha value is -0.0800. The summed E-state index contributed by atoms with van der Waals surface area (Å²) in [5.41, 5.74) is 0. The van der Waals surface area contributed by atoms with Crippen LogP contribution in [0.5, 0.6) is 0 Å². The Morgan fingerprint density at radius 1 is 1.19 bits per heavy atom. The molecule has 1 aliphatic heterocycles. The van der Waals surface area contributed by atoms with E-state index in [1.165, 1.54) is 38.6 Å². The first-order chi connectivity index (χ1) is 7.65. The molecule has 0 radical (unpaired) electrons. The van der Waals surface area contributed by atoms with Gasteiger partial charge in [-0.15, -0.1) is 0 Å². The van der Waals surface area contributed by atoms with Gasteiger partial charge in [-0.05, 0) is 52.1 Å². The summed E-state index contributed by atoms with van der Waals surface area (Å²) in [7, 11) is 2.07. The molecule has 2 nitrogen and oxygen atoms in total. The number of hydrogen-bond donors (Lipinski definition) is 1. The van der Waals surface area contributed by atoms with E-state index < -0.39 is 0 Å². The summed E-state index contributed by atoms with van der Waals surface area (Å²) in [6.07, 6.45) is 6.92. The van der Waals surface area contributed by atoms with Crippen LogP contribution in [0.3, 0.4) is 0 Å². The second-order valence-electron chi connectivity index (χ2n) is 5.77. The molecule has 1 rings (SSSR count). The molecular formula is C14H30N2.